The third kappa shape index (κ3) is 2.02. The number of carbonyl (C=O) groups excluding carboxylic acids is 1. The Morgan fingerprint density at radius 1 is 1.90 bits per heavy atom. The van der Waals surface area contributed by atoms with Gasteiger partial charge < -0.3 is 0 Å². The average molecular weight is 219 g/mol. The molecular weight excluding hydrogens is 216 g/mol. The molecule has 1 heterocycles. The van der Waals surface area contributed by atoms with Crippen LogP contribution in [-0.2, 0) is 11.3 Å². The van der Waals surface area contributed by atoms with Gasteiger partial charge in [0.25, 0.3) is 0 Å². The van der Waals surface area contributed by atoms with E-state index >= 15 is 0 Å². The normalized spacial score (nSPS) is 8.90. The first-order valence-corrected chi connectivity index (χ1v) is 4.13. The van der Waals surface area contributed by atoms with E-state index in [4.69, 9.17) is 0 Å². The van der Waals surface area contributed by atoms with Crippen LogP contribution in [0, 0.1) is 0 Å². The SMILES string of the molecule is O=C=NCc1csc(Br)n1. The molecule has 0 aromatic carbocycles. The van der Waals surface area contributed by atoms with Gasteiger partial charge in [0.15, 0.2) is 3.92 Å². The van der Waals surface area contributed by atoms with Gasteiger partial charge in [-0.15, -0.1) is 11.3 Å². The van der Waals surface area contributed by atoms with E-state index in [-0.39, 0.29) is 0 Å². The van der Waals surface area contributed by atoms with Crippen molar-refractivity contribution in [3.05, 3.63) is 15.0 Å². The molecule has 1 aromatic rings. The first kappa shape index (κ1) is 7.60. The lowest BCUT2D eigenvalue weighted by atomic mass is 10.5. The molecule has 10 heavy (non-hydrogen) atoms. The van der Waals surface area contributed by atoms with E-state index in [1.807, 2.05) is 5.38 Å². The van der Waals surface area contributed by atoms with Crippen LogP contribution in [0.1, 0.15) is 5.69 Å². The van der Waals surface area contributed by atoms with Crippen molar-refractivity contribution in [3.8, 4) is 0 Å². The van der Waals surface area contributed by atoms with E-state index in [0.29, 0.717) is 6.54 Å². The van der Waals surface area contributed by atoms with Gasteiger partial charge in [0.2, 0.25) is 6.08 Å². The van der Waals surface area contributed by atoms with Crippen LogP contribution >= 0.6 is 27.3 Å². The first-order chi connectivity index (χ1) is 4.83. The number of rotatable bonds is 2. The Hall–Kier alpha value is -0.510. The number of aliphatic imine (C=N–C) groups is 1. The first-order valence-electron chi connectivity index (χ1n) is 2.46. The molecular formula is C5H3BrN2OS. The van der Waals surface area contributed by atoms with Gasteiger partial charge in [0.05, 0.1) is 12.2 Å². The van der Waals surface area contributed by atoms with Crippen molar-refractivity contribution in [1.82, 2.24) is 4.98 Å². The Balaban J connectivity index is 2.66. The summed E-state index contributed by atoms with van der Waals surface area (Å²) in [4.78, 5) is 17.0. The molecule has 52 valence electrons. The summed E-state index contributed by atoms with van der Waals surface area (Å²) in [6.07, 6.45) is 1.45. The number of hydrogen-bond donors (Lipinski definition) is 0. The molecule has 0 saturated carbocycles. The fourth-order valence-corrected chi connectivity index (χ4v) is 1.51. The van der Waals surface area contributed by atoms with Crippen molar-refractivity contribution >= 4 is 33.3 Å². The predicted octanol–water partition coefficient (Wildman–Crippen LogP) is 1.74. The number of halogens is 1. The van der Waals surface area contributed by atoms with Crippen molar-refractivity contribution in [2.45, 2.75) is 6.54 Å². The molecule has 0 amide bonds. The van der Waals surface area contributed by atoms with E-state index in [0.717, 1.165) is 9.61 Å². The minimum atomic E-state index is 0.325. The topological polar surface area (TPSA) is 42.3 Å². The molecule has 5 heteroatoms. The largest absolute Gasteiger partial charge is 0.235 e. The van der Waals surface area contributed by atoms with Crippen molar-refractivity contribution in [2.24, 2.45) is 4.99 Å². The molecule has 0 aliphatic rings. The maximum Gasteiger partial charge on any atom is 0.235 e. The number of thiazole rings is 1. The molecule has 1 aromatic heterocycles. The van der Waals surface area contributed by atoms with E-state index < -0.39 is 0 Å². The van der Waals surface area contributed by atoms with Crippen molar-refractivity contribution in [3.63, 3.8) is 0 Å². The smallest absolute Gasteiger partial charge is 0.232 e. The van der Waals surface area contributed by atoms with Crippen LogP contribution in [0.4, 0.5) is 0 Å². The number of aromatic nitrogens is 1. The molecule has 0 fully saturated rings. The van der Waals surface area contributed by atoms with Gasteiger partial charge in [0.1, 0.15) is 0 Å². The molecule has 0 aliphatic carbocycles. The highest BCUT2D eigenvalue weighted by Gasteiger charge is 1.95. The molecule has 0 aliphatic heterocycles. The van der Waals surface area contributed by atoms with Gasteiger partial charge in [0, 0.05) is 5.38 Å². The van der Waals surface area contributed by atoms with Crippen molar-refractivity contribution < 1.29 is 4.79 Å². The molecule has 0 atom stereocenters. The zero-order chi connectivity index (χ0) is 7.40. The highest BCUT2D eigenvalue weighted by Crippen LogP contribution is 2.15. The molecule has 0 spiro atoms. The summed E-state index contributed by atoms with van der Waals surface area (Å²) in [5.74, 6) is 0. The van der Waals surface area contributed by atoms with Gasteiger partial charge in [-0.3, -0.25) is 0 Å². The fraction of sp³-hybridized carbons (Fsp3) is 0.200. The van der Waals surface area contributed by atoms with Crippen molar-refractivity contribution in [1.29, 1.82) is 0 Å². The van der Waals surface area contributed by atoms with Gasteiger partial charge in [-0.2, -0.15) is 4.99 Å². The molecule has 3 nitrogen and oxygen atoms in total. The second kappa shape index (κ2) is 3.61. The highest BCUT2D eigenvalue weighted by atomic mass is 79.9. The van der Waals surface area contributed by atoms with Crippen LogP contribution in [0.5, 0.6) is 0 Å². The number of nitrogens with zero attached hydrogens (tertiary/aromatic N) is 2. The van der Waals surface area contributed by atoms with Gasteiger partial charge in [-0.1, -0.05) is 0 Å². The maximum atomic E-state index is 9.66. The molecule has 0 N–H and O–H groups in total. The summed E-state index contributed by atoms with van der Waals surface area (Å²) in [6.45, 7) is 0.325. The third-order valence-electron chi connectivity index (χ3n) is 0.829. The van der Waals surface area contributed by atoms with Gasteiger partial charge in [-0.05, 0) is 15.9 Å². The molecule has 0 unspecified atom stereocenters. The molecule has 1 rings (SSSR count). The second-order valence-corrected chi connectivity index (χ2v) is 3.63. The Bertz CT molecular complexity index is 266. The average Bonchev–Trinajstić information content (AvgIpc) is 2.31. The summed E-state index contributed by atoms with van der Waals surface area (Å²) in [6, 6.07) is 0. The zero-order valence-electron chi connectivity index (χ0n) is 4.87. The monoisotopic (exact) mass is 218 g/mol. The Kier molecular flexibility index (Phi) is 2.74. The molecule has 0 radical (unpaired) electrons. The van der Waals surface area contributed by atoms with E-state index in [1.165, 1.54) is 17.4 Å². The number of hydrogen-bond acceptors (Lipinski definition) is 4. The van der Waals surface area contributed by atoms with Crippen LogP contribution in [0.2, 0.25) is 0 Å². The quantitative estimate of drug-likeness (QED) is 0.561. The zero-order valence-corrected chi connectivity index (χ0v) is 7.28. The Labute approximate surface area is 69.9 Å². The Morgan fingerprint density at radius 3 is 3.20 bits per heavy atom. The third-order valence-corrected chi connectivity index (χ3v) is 2.24. The number of isocyanates is 1. The van der Waals surface area contributed by atoms with Crippen LogP contribution in [0.25, 0.3) is 0 Å². The minimum Gasteiger partial charge on any atom is -0.232 e. The predicted molar refractivity (Wildman–Crippen MR) is 41.6 cm³/mol. The lowest BCUT2D eigenvalue weighted by Gasteiger charge is -1.80. The van der Waals surface area contributed by atoms with Crippen LogP contribution < -0.4 is 0 Å². The summed E-state index contributed by atoms with van der Waals surface area (Å²) in [5, 5.41) is 1.84. The maximum absolute atomic E-state index is 9.66. The van der Waals surface area contributed by atoms with Gasteiger partial charge in [-0.25, -0.2) is 9.78 Å². The van der Waals surface area contributed by atoms with Crippen LogP contribution in [-0.4, -0.2) is 11.1 Å². The Morgan fingerprint density at radius 2 is 2.70 bits per heavy atom. The summed E-state index contributed by atoms with van der Waals surface area (Å²) in [5.41, 5.74) is 0.792. The summed E-state index contributed by atoms with van der Waals surface area (Å²) < 4.78 is 0.809. The van der Waals surface area contributed by atoms with Gasteiger partial charge >= 0.3 is 0 Å². The standard InChI is InChI=1S/C5H3BrN2OS/c6-5-8-4(2-10-5)1-7-3-9/h2H,1H2. The highest BCUT2D eigenvalue weighted by molar-refractivity contribution is 9.11. The van der Waals surface area contributed by atoms with E-state index in [1.54, 1.807) is 0 Å². The van der Waals surface area contributed by atoms with Crippen LogP contribution in [0.3, 0.4) is 0 Å². The second-order valence-electron chi connectivity index (χ2n) is 1.50. The molecule has 0 saturated heterocycles. The summed E-state index contributed by atoms with van der Waals surface area (Å²) in [7, 11) is 0. The summed E-state index contributed by atoms with van der Waals surface area (Å²) >= 11 is 4.66. The van der Waals surface area contributed by atoms with E-state index in [9.17, 15) is 4.79 Å². The fourth-order valence-electron chi connectivity index (χ4n) is 0.468. The van der Waals surface area contributed by atoms with Crippen LogP contribution in [0.15, 0.2) is 14.3 Å². The minimum absolute atomic E-state index is 0.325. The van der Waals surface area contributed by atoms with Crippen molar-refractivity contribution in [2.75, 3.05) is 0 Å². The lowest BCUT2D eigenvalue weighted by Crippen LogP contribution is -1.78. The van der Waals surface area contributed by atoms with E-state index in [2.05, 4.69) is 25.9 Å². The lowest BCUT2D eigenvalue weighted by molar-refractivity contribution is 0.562. The molecule has 0 bridgehead atoms.